The number of nitrogens with two attached hydrogens (primary N) is 1. The minimum Gasteiger partial charge on any atom is -0.383 e. The van der Waals surface area contributed by atoms with Crippen LogP contribution in [0.3, 0.4) is 0 Å². The lowest BCUT2D eigenvalue weighted by Crippen LogP contribution is -1.98. The van der Waals surface area contributed by atoms with Gasteiger partial charge >= 0.3 is 0 Å². The van der Waals surface area contributed by atoms with Crippen molar-refractivity contribution in [1.29, 1.82) is 0 Å². The maximum absolute atomic E-state index is 5.90. The van der Waals surface area contributed by atoms with Crippen LogP contribution in [0.5, 0.6) is 0 Å². The van der Waals surface area contributed by atoms with E-state index < -0.39 is 0 Å². The predicted molar refractivity (Wildman–Crippen MR) is 60.7 cm³/mol. The molecule has 0 bridgehead atoms. The Balaban J connectivity index is 2.83. The molecule has 0 fully saturated rings. The third kappa shape index (κ3) is 1.26. The molecule has 2 aromatic heterocycles. The van der Waals surface area contributed by atoms with Crippen molar-refractivity contribution in [3.05, 3.63) is 16.3 Å². The van der Waals surface area contributed by atoms with E-state index in [1.165, 1.54) is 10.4 Å². The van der Waals surface area contributed by atoms with E-state index in [1.54, 1.807) is 11.3 Å². The Hall–Kier alpha value is -1.16. The van der Waals surface area contributed by atoms with Gasteiger partial charge in [0.1, 0.15) is 16.5 Å². The molecule has 0 aliphatic heterocycles. The van der Waals surface area contributed by atoms with E-state index in [0.29, 0.717) is 5.82 Å². The second kappa shape index (κ2) is 3.20. The summed E-state index contributed by atoms with van der Waals surface area (Å²) in [6, 6.07) is 0. The fourth-order valence-electron chi connectivity index (χ4n) is 1.48. The second-order valence-electron chi connectivity index (χ2n) is 3.34. The number of hydrogen-bond acceptors (Lipinski definition) is 4. The lowest BCUT2D eigenvalue weighted by atomic mass is 10.2. The van der Waals surface area contributed by atoms with Gasteiger partial charge in [0, 0.05) is 11.3 Å². The standard InChI is InChI=1S/C10H13N3S/c1-4-7-12-9(11)8-5(2)6(3)14-10(8)13-7/h4H2,1-3H3,(H2,11,12,13). The summed E-state index contributed by atoms with van der Waals surface area (Å²) in [5.74, 6) is 1.45. The Bertz CT molecular complexity index is 488. The molecule has 74 valence electrons. The summed E-state index contributed by atoms with van der Waals surface area (Å²) in [6.07, 6.45) is 0.829. The van der Waals surface area contributed by atoms with Crippen molar-refractivity contribution in [1.82, 2.24) is 9.97 Å². The number of nitrogen functional groups attached to an aromatic ring is 1. The first-order chi connectivity index (χ1) is 6.63. The number of rotatable bonds is 1. The highest BCUT2D eigenvalue weighted by Gasteiger charge is 2.11. The van der Waals surface area contributed by atoms with E-state index in [-0.39, 0.29) is 0 Å². The number of aromatic nitrogens is 2. The SMILES string of the molecule is CCc1nc(N)c2c(C)c(C)sc2n1. The van der Waals surface area contributed by atoms with Gasteiger partial charge in [-0.25, -0.2) is 9.97 Å². The van der Waals surface area contributed by atoms with Gasteiger partial charge in [-0.15, -0.1) is 11.3 Å². The van der Waals surface area contributed by atoms with E-state index in [1.807, 2.05) is 6.92 Å². The zero-order valence-electron chi connectivity index (χ0n) is 8.59. The molecule has 0 atom stereocenters. The Labute approximate surface area is 87.0 Å². The molecule has 2 N–H and O–H groups in total. The monoisotopic (exact) mass is 207 g/mol. The molecule has 2 aromatic rings. The van der Waals surface area contributed by atoms with Gasteiger partial charge in [-0.05, 0) is 19.4 Å². The lowest BCUT2D eigenvalue weighted by Gasteiger charge is -2.00. The van der Waals surface area contributed by atoms with Crippen LogP contribution in [0, 0.1) is 13.8 Å². The van der Waals surface area contributed by atoms with E-state index in [4.69, 9.17) is 5.73 Å². The predicted octanol–water partition coefficient (Wildman–Crippen LogP) is 2.45. The number of aryl methyl sites for hydroxylation is 3. The quantitative estimate of drug-likeness (QED) is 0.781. The molecule has 0 aliphatic carbocycles. The van der Waals surface area contributed by atoms with Crippen LogP contribution in [0.4, 0.5) is 5.82 Å². The molecule has 0 unspecified atom stereocenters. The van der Waals surface area contributed by atoms with Crippen molar-refractivity contribution in [2.75, 3.05) is 5.73 Å². The molecule has 0 amide bonds. The summed E-state index contributed by atoms with van der Waals surface area (Å²) in [7, 11) is 0. The van der Waals surface area contributed by atoms with Crippen LogP contribution < -0.4 is 5.73 Å². The number of hydrogen-bond donors (Lipinski definition) is 1. The van der Waals surface area contributed by atoms with Crippen LogP contribution in [0.25, 0.3) is 10.2 Å². The van der Waals surface area contributed by atoms with Gasteiger partial charge in [0.2, 0.25) is 0 Å². The Kier molecular flexibility index (Phi) is 2.15. The van der Waals surface area contributed by atoms with E-state index >= 15 is 0 Å². The maximum Gasteiger partial charge on any atom is 0.136 e. The van der Waals surface area contributed by atoms with Crippen LogP contribution in [-0.4, -0.2) is 9.97 Å². The van der Waals surface area contributed by atoms with Crippen LogP contribution in [0.15, 0.2) is 0 Å². The van der Waals surface area contributed by atoms with Gasteiger partial charge in [-0.3, -0.25) is 0 Å². The Morgan fingerprint density at radius 2 is 2.00 bits per heavy atom. The van der Waals surface area contributed by atoms with Crippen molar-refractivity contribution < 1.29 is 0 Å². The number of anilines is 1. The van der Waals surface area contributed by atoms with Crippen LogP contribution in [0.1, 0.15) is 23.2 Å². The summed E-state index contributed by atoms with van der Waals surface area (Å²) in [5.41, 5.74) is 7.12. The summed E-state index contributed by atoms with van der Waals surface area (Å²) < 4.78 is 0. The summed E-state index contributed by atoms with van der Waals surface area (Å²) in [5, 5.41) is 1.03. The average Bonchev–Trinajstić information content (AvgIpc) is 2.43. The highest BCUT2D eigenvalue weighted by molar-refractivity contribution is 7.18. The first-order valence-electron chi connectivity index (χ1n) is 4.65. The largest absolute Gasteiger partial charge is 0.383 e. The molecular formula is C10H13N3S. The molecule has 0 spiro atoms. The molecule has 0 saturated heterocycles. The Morgan fingerprint density at radius 3 is 2.64 bits per heavy atom. The molecule has 0 aliphatic rings. The van der Waals surface area contributed by atoms with Crippen molar-refractivity contribution >= 4 is 27.4 Å². The van der Waals surface area contributed by atoms with Crippen molar-refractivity contribution in [2.45, 2.75) is 27.2 Å². The van der Waals surface area contributed by atoms with E-state index in [0.717, 1.165) is 22.5 Å². The molecule has 0 aromatic carbocycles. The van der Waals surface area contributed by atoms with Crippen molar-refractivity contribution in [2.24, 2.45) is 0 Å². The van der Waals surface area contributed by atoms with Crippen LogP contribution in [0.2, 0.25) is 0 Å². The second-order valence-corrected chi connectivity index (χ2v) is 4.55. The molecular weight excluding hydrogens is 194 g/mol. The van der Waals surface area contributed by atoms with E-state index in [9.17, 15) is 0 Å². The van der Waals surface area contributed by atoms with Crippen LogP contribution >= 0.6 is 11.3 Å². The molecule has 14 heavy (non-hydrogen) atoms. The summed E-state index contributed by atoms with van der Waals surface area (Å²) in [6.45, 7) is 6.19. The first kappa shape index (κ1) is 9.40. The Morgan fingerprint density at radius 1 is 1.29 bits per heavy atom. The van der Waals surface area contributed by atoms with Crippen molar-refractivity contribution in [3.8, 4) is 0 Å². The number of thiophene rings is 1. The number of fused-ring (bicyclic) bond motifs is 1. The zero-order valence-corrected chi connectivity index (χ0v) is 9.40. The summed E-state index contributed by atoms with van der Waals surface area (Å²) in [4.78, 5) is 11.0. The fraction of sp³-hybridized carbons (Fsp3) is 0.400. The minimum absolute atomic E-state index is 0.619. The van der Waals surface area contributed by atoms with Crippen LogP contribution in [-0.2, 0) is 6.42 Å². The smallest absolute Gasteiger partial charge is 0.136 e. The highest BCUT2D eigenvalue weighted by atomic mass is 32.1. The maximum atomic E-state index is 5.90. The van der Waals surface area contributed by atoms with Gasteiger partial charge in [0.25, 0.3) is 0 Å². The van der Waals surface area contributed by atoms with Gasteiger partial charge < -0.3 is 5.73 Å². The molecule has 3 nitrogen and oxygen atoms in total. The van der Waals surface area contributed by atoms with Gasteiger partial charge in [0.05, 0.1) is 5.39 Å². The lowest BCUT2D eigenvalue weighted by molar-refractivity contribution is 0.969. The topological polar surface area (TPSA) is 51.8 Å². The normalized spacial score (nSPS) is 11.1. The van der Waals surface area contributed by atoms with Gasteiger partial charge in [-0.2, -0.15) is 0 Å². The zero-order chi connectivity index (χ0) is 10.3. The van der Waals surface area contributed by atoms with Gasteiger partial charge in [0.15, 0.2) is 0 Å². The fourth-order valence-corrected chi connectivity index (χ4v) is 2.54. The molecule has 0 radical (unpaired) electrons. The minimum atomic E-state index is 0.619. The molecule has 0 saturated carbocycles. The molecule has 2 rings (SSSR count). The summed E-state index contributed by atoms with van der Waals surface area (Å²) >= 11 is 1.69. The average molecular weight is 207 g/mol. The third-order valence-electron chi connectivity index (χ3n) is 2.42. The highest BCUT2D eigenvalue weighted by Crippen LogP contribution is 2.31. The van der Waals surface area contributed by atoms with Gasteiger partial charge in [-0.1, -0.05) is 6.92 Å². The third-order valence-corrected chi connectivity index (χ3v) is 3.52. The molecule has 2 heterocycles. The number of nitrogens with zero attached hydrogens (tertiary/aromatic N) is 2. The van der Waals surface area contributed by atoms with Crippen molar-refractivity contribution in [3.63, 3.8) is 0 Å². The first-order valence-corrected chi connectivity index (χ1v) is 5.47. The molecule has 4 heteroatoms. The van der Waals surface area contributed by atoms with E-state index in [2.05, 4.69) is 23.8 Å².